The van der Waals surface area contributed by atoms with Crippen molar-refractivity contribution in [1.29, 1.82) is 5.26 Å². The highest BCUT2D eigenvalue weighted by Crippen LogP contribution is 2.41. The number of hydrogen-bond acceptors (Lipinski definition) is 4. The summed E-state index contributed by atoms with van der Waals surface area (Å²) in [5.41, 5.74) is 2.64. The van der Waals surface area contributed by atoms with Gasteiger partial charge in [-0.1, -0.05) is 72.3 Å². The van der Waals surface area contributed by atoms with E-state index in [1.165, 1.54) is 11.8 Å². The van der Waals surface area contributed by atoms with Crippen molar-refractivity contribution in [3.63, 3.8) is 0 Å². The van der Waals surface area contributed by atoms with Crippen LogP contribution in [0.4, 0.5) is 5.88 Å². The first-order chi connectivity index (χ1) is 15.2. The number of furan rings is 1. The Kier molecular flexibility index (Phi) is 6.42. The van der Waals surface area contributed by atoms with E-state index in [4.69, 9.17) is 16.0 Å². The summed E-state index contributed by atoms with van der Waals surface area (Å²) >= 11 is 7.28. The van der Waals surface area contributed by atoms with Crippen molar-refractivity contribution in [1.82, 2.24) is 0 Å². The molecule has 6 heteroatoms. The number of carbonyl (C=O) groups excluding carboxylic acids is 1. The van der Waals surface area contributed by atoms with E-state index >= 15 is 0 Å². The Morgan fingerprint density at radius 1 is 0.935 bits per heavy atom. The number of hydrogen-bond donors (Lipinski definition) is 1. The van der Waals surface area contributed by atoms with Crippen LogP contribution in [0.3, 0.4) is 0 Å². The molecule has 1 N–H and O–H groups in total. The van der Waals surface area contributed by atoms with Crippen LogP contribution in [0, 0.1) is 11.3 Å². The van der Waals surface area contributed by atoms with E-state index in [9.17, 15) is 10.1 Å². The molecule has 4 nitrogen and oxygen atoms in total. The van der Waals surface area contributed by atoms with Gasteiger partial charge < -0.3 is 4.42 Å². The fourth-order valence-corrected chi connectivity index (χ4v) is 3.97. The van der Waals surface area contributed by atoms with Gasteiger partial charge in [0, 0.05) is 21.0 Å². The molecule has 0 saturated carbocycles. The summed E-state index contributed by atoms with van der Waals surface area (Å²) in [7, 11) is 0. The van der Waals surface area contributed by atoms with Gasteiger partial charge in [0.1, 0.15) is 17.4 Å². The maximum atomic E-state index is 12.6. The topological polar surface area (TPSA) is 66.0 Å². The van der Waals surface area contributed by atoms with Crippen molar-refractivity contribution in [3.8, 4) is 28.5 Å². The lowest BCUT2D eigenvalue weighted by Crippen LogP contribution is -2.14. The molecule has 0 atom stereocenters. The average Bonchev–Trinajstić information content (AvgIpc) is 3.18. The van der Waals surface area contributed by atoms with Crippen LogP contribution in [0.2, 0.25) is 5.02 Å². The fourth-order valence-electron chi connectivity index (χ4n) is 3.14. The molecule has 1 aromatic heterocycles. The molecular formula is C25H17ClN2O2S. The van der Waals surface area contributed by atoms with Gasteiger partial charge in [-0.3, -0.25) is 10.1 Å². The monoisotopic (exact) mass is 444 g/mol. The zero-order valence-electron chi connectivity index (χ0n) is 16.3. The summed E-state index contributed by atoms with van der Waals surface area (Å²) in [6.45, 7) is 0. The molecule has 0 unspecified atom stereocenters. The number of carbonyl (C=O) groups is 1. The molecule has 1 heterocycles. The molecule has 1 amide bonds. The van der Waals surface area contributed by atoms with Crippen molar-refractivity contribution in [2.75, 3.05) is 11.1 Å². The van der Waals surface area contributed by atoms with Crippen LogP contribution >= 0.6 is 23.4 Å². The van der Waals surface area contributed by atoms with Crippen molar-refractivity contribution in [3.05, 3.63) is 95.5 Å². The van der Waals surface area contributed by atoms with Gasteiger partial charge in [0.05, 0.1) is 5.75 Å². The highest BCUT2D eigenvalue weighted by Gasteiger charge is 2.24. The summed E-state index contributed by atoms with van der Waals surface area (Å²) < 4.78 is 6.03. The lowest BCUT2D eigenvalue weighted by atomic mass is 9.98. The summed E-state index contributed by atoms with van der Waals surface area (Å²) in [5, 5.41) is 13.3. The Hall–Kier alpha value is -3.46. The predicted octanol–water partition coefficient (Wildman–Crippen LogP) is 6.87. The molecule has 0 radical (unpaired) electrons. The first-order valence-electron chi connectivity index (χ1n) is 9.51. The normalized spacial score (nSPS) is 10.5. The second kappa shape index (κ2) is 9.57. The Balaban J connectivity index is 1.65. The number of anilines is 1. The second-order valence-corrected chi connectivity index (χ2v) is 8.13. The minimum atomic E-state index is -0.260. The molecule has 0 aliphatic heterocycles. The van der Waals surface area contributed by atoms with Crippen molar-refractivity contribution in [2.24, 2.45) is 0 Å². The Bertz CT molecular complexity index is 1230. The van der Waals surface area contributed by atoms with Gasteiger partial charge in [0.25, 0.3) is 0 Å². The third kappa shape index (κ3) is 4.83. The predicted molar refractivity (Wildman–Crippen MR) is 125 cm³/mol. The Morgan fingerprint density at radius 2 is 1.55 bits per heavy atom. The maximum Gasteiger partial charge on any atom is 0.237 e. The number of halogens is 1. The van der Waals surface area contributed by atoms with E-state index in [0.717, 1.165) is 16.0 Å². The summed E-state index contributed by atoms with van der Waals surface area (Å²) in [6.07, 6.45) is 0. The fraction of sp³-hybridized carbons (Fsp3) is 0.0400. The number of amides is 1. The zero-order chi connectivity index (χ0) is 21.6. The van der Waals surface area contributed by atoms with E-state index in [-0.39, 0.29) is 17.5 Å². The van der Waals surface area contributed by atoms with Gasteiger partial charge in [0.15, 0.2) is 0 Å². The molecule has 0 fully saturated rings. The highest BCUT2D eigenvalue weighted by molar-refractivity contribution is 8.00. The van der Waals surface area contributed by atoms with Crippen LogP contribution in [0.15, 0.2) is 94.2 Å². The van der Waals surface area contributed by atoms with Crippen molar-refractivity contribution < 1.29 is 9.21 Å². The van der Waals surface area contributed by atoms with Crippen molar-refractivity contribution >= 4 is 35.2 Å². The highest BCUT2D eigenvalue weighted by atomic mass is 35.5. The molecule has 0 bridgehead atoms. The van der Waals surface area contributed by atoms with Crippen molar-refractivity contribution in [2.45, 2.75) is 4.90 Å². The minimum absolute atomic E-state index is 0.155. The second-order valence-electron chi connectivity index (χ2n) is 6.64. The number of benzene rings is 3. The summed E-state index contributed by atoms with van der Waals surface area (Å²) in [6, 6.07) is 28.6. The summed E-state index contributed by atoms with van der Waals surface area (Å²) in [5.74, 6) is 0.615. The number of thioether (sulfide) groups is 1. The van der Waals surface area contributed by atoms with E-state index < -0.39 is 0 Å². The minimum Gasteiger partial charge on any atom is -0.438 e. The van der Waals surface area contributed by atoms with E-state index in [1.807, 2.05) is 72.8 Å². The number of nitrogens with zero attached hydrogens (tertiary/aromatic N) is 1. The quantitative estimate of drug-likeness (QED) is 0.329. The lowest BCUT2D eigenvalue weighted by Gasteiger charge is -2.03. The molecule has 4 aromatic rings. The molecule has 0 spiro atoms. The van der Waals surface area contributed by atoms with Crippen LogP contribution in [0.5, 0.6) is 0 Å². The van der Waals surface area contributed by atoms with E-state index in [2.05, 4.69) is 11.4 Å². The first kappa shape index (κ1) is 20.8. The number of nitrogens with one attached hydrogen (secondary N) is 1. The van der Waals surface area contributed by atoms with Gasteiger partial charge in [-0.15, -0.1) is 11.8 Å². The average molecular weight is 445 g/mol. The molecule has 152 valence electrons. The lowest BCUT2D eigenvalue weighted by molar-refractivity contribution is -0.113. The van der Waals surface area contributed by atoms with Crippen LogP contribution < -0.4 is 5.32 Å². The molecular weight excluding hydrogens is 428 g/mol. The van der Waals surface area contributed by atoms with Crippen LogP contribution in [0.1, 0.15) is 5.56 Å². The van der Waals surface area contributed by atoms with Crippen LogP contribution in [0.25, 0.3) is 22.5 Å². The third-order valence-corrected chi connectivity index (χ3v) is 5.82. The molecule has 0 aliphatic carbocycles. The number of nitriles is 1. The van der Waals surface area contributed by atoms with Gasteiger partial charge in [-0.05, 0) is 29.8 Å². The molecule has 4 rings (SSSR count). The van der Waals surface area contributed by atoms with Crippen LogP contribution in [-0.2, 0) is 4.79 Å². The Labute approximate surface area is 189 Å². The Morgan fingerprint density at radius 3 is 2.16 bits per heavy atom. The van der Waals surface area contributed by atoms with Gasteiger partial charge >= 0.3 is 0 Å². The molecule has 0 saturated heterocycles. The largest absolute Gasteiger partial charge is 0.438 e. The maximum absolute atomic E-state index is 12.6. The molecule has 0 aliphatic rings. The van der Waals surface area contributed by atoms with Gasteiger partial charge in [0.2, 0.25) is 11.8 Å². The standard InChI is InChI=1S/C25H17ClN2O2S/c26-19-11-13-20(14-12-19)31-16-22(29)28-25-21(15-27)23(17-7-3-1-4-8-17)24(30-25)18-9-5-2-6-10-18/h1-14H,16H2,(H,28,29). The van der Waals surface area contributed by atoms with E-state index in [0.29, 0.717) is 21.9 Å². The number of rotatable bonds is 6. The zero-order valence-corrected chi connectivity index (χ0v) is 17.9. The first-order valence-corrected chi connectivity index (χ1v) is 10.9. The third-order valence-electron chi connectivity index (χ3n) is 4.56. The molecule has 3 aromatic carbocycles. The smallest absolute Gasteiger partial charge is 0.237 e. The molecule has 31 heavy (non-hydrogen) atoms. The van der Waals surface area contributed by atoms with Gasteiger partial charge in [-0.2, -0.15) is 5.26 Å². The van der Waals surface area contributed by atoms with E-state index in [1.54, 1.807) is 12.1 Å². The SMILES string of the molecule is N#Cc1c(NC(=O)CSc2ccc(Cl)cc2)oc(-c2ccccc2)c1-c1ccccc1. The van der Waals surface area contributed by atoms with Gasteiger partial charge in [-0.25, -0.2) is 0 Å². The van der Waals surface area contributed by atoms with Crippen LogP contribution in [-0.4, -0.2) is 11.7 Å². The summed E-state index contributed by atoms with van der Waals surface area (Å²) in [4.78, 5) is 13.5.